The van der Waals surface area contributed by atoms with E-state index in [9.17, 15) is 9.59 Å². The molecule has 2 saturated carbocycles. The van der Waals surface area contributed by atoms with E-state index in [4.69, 9.17) is 9.47 Å². The molecule has 3 rings (SSSR count). The van der Waals surface area contributed by atoms with E-state index in [0.717, 1.165) is 5.56 Å². The van der Waals surface area contributed by atoms with E-state index >= 15 is 0 Å². The second-order valence-corrected chi connectivity index (χ2v) is 9.14. The number of para-hydroxylation sites is 1. The lowest BCUT2D eigenvalue weighted by molar-refractivity contribution is -0.133. The molecule has 0 unspecified atom stereocenters. The molecule has 2 fully saturated rings. The van der Waals surface area contributed by atoms with Crippen LogP contribution < -0.4 is 10.6 Å². The van der Waals surface area contributed by atoms with Crippen molar-refractivity contribution in [2.45, 2.75) is 71.6 Å². The highest BCUT2D eigenvalue weighted by atomic mass is 16.5. The Hall–Kier alpha value is -1.92. The molecule has 0 aliphatic heterocycles. The number of carbonyl (C=O) groups excluding carboxylic acids is 2. The topological polar surface area (TPSA) is 76.7 Å². The zero-order valence-electron chi connectivity index (χ0n) is 18.6. The summed E-state index contributed by atoms with van der Waals surface area (Å²) < 4.78 is 11.4. The van der Waals surface area contributed by atoms with Crippen LogP contribution in [0.3, 0.4) is 0 Å². The monoisotopic (exact) mass is 416 g/mol. The van der Waals surface area contributed by atoms with Crippen LogP contribution in [0.15, 0.2) is 24.3 Å². The third kappa shape index (κ3) is 6.81. The summed E-state index contributed by atoms with van der Waals surface area (Å²) in [7, 11) is 0. The zero-order chi connectivity index (χ0) is 21.7. The van der Waals surface area contributed by atoms with Gasteiger partial charge in [-0.3, -0.25) is 9.59 Å². The fourth-order valence-electron chi connectivity index (χ4n) is 3.27. The molecular weight excluding hydrogens is 380 g/mol. The van der Waals surface area contributed by atoms with Crippen molar-refractivity contribution in [3.05, 3.63) is 29.8 Å². The normalized spacial score (nSPS) is 19.2. The minimum atomic E-state index is -0.512. The SMILES string of the molecule is CC(C)[C@@H](NC(=O)[C@@H](C)OCC1CC1)c1ccccc1NC(=O)[C@H](C)OCC1CC1. The molecule has 0 radical (unpaired) electrons. The van der Waals surface area contributed by atoms with Crippen LogP contribution in [0.4, 0.5) is 5.69 Å². The molecule has 6 nitrogen and oxygen atoms in total. The summed E-state index contributed by atoms with van der Waals surface area (Å²) in [5.41, 5.74) is 1.59. The lowest BCUT2D eigenvalue weighted by Crippen LogP contribution is -2.39. The Labute approximate surface area is 180 Å². The number of hydrogen-bond acceptors (Lipinski definition) is 4. The first kappa shape index (κ1) is 22.8. The van der Waals surface area contributed by atoms with Gasteiger partial charge in [-0.05, 0) is 68.9 Å². The van der Waals surface area contributed by atoms with Gasteiger partial charge in [0, 0.05) is 5.69 Å². The van der Waals surface area contributed by atoms with Gasteiger partial charge in [0.25, 0.3) is 5.91 Å². The first-order valence-electron chi connectivity index (χ1n) is 11.3. The fraction of sp³-hybridized carbons (Fsp3) is 0.667. The summed E-state index contributed by atoms with van der Waals surface area (Å²) in [6.07, 6.45) is 3.76. The Morgan fingerprint density at radius 2 is 1.43 bits per heavy atom. The second-order valence-electron chi connectivity index (χ2n) is 9.14. The van der Waals surface area contributed by atoms with Gasteiger partial charge < -0.3 is 20.1 Å². The van der Waals surface area contributed by atoms with Crippen LogP contribution >= 0.6 is 0 Å². The van der Waals surface area contributed by atoms with Crippen LogP contribution in [0.1, 0.15) is 65.0 Å². The van der Waals surface area contributed by atoms with E-state index in [2.05, 4.69) is 24.5 Å². The Morgan fingerprint density at radius 3 is 1.97 bits per heavy atom. The van der Waals surface area contributed by atoms with E-state index in [0.29, 0.717) is 30.7 Å². The van der Waals surface area contributed by atoms with Gasteiger partial charge in [-0.2, -0.15) is 0 Å². The average molecular weight is 417 g/mol. The summed E-state index contributed by atoms with van der Waals surface area (Å²) >= 11 is 0. The number of nitrogens with one attached hydrogen (secondary N) is 2. The molecule has 3 atom stereocenters. The second kappa shape index (κ2) is 10.4. The number of amides is 2. The van der Waals surface area contributed by atoms with Crippen LogP contribution in [-0.2, 0) is 19.1 Å². The molecule has 0 bridgehead atoms. The van der Waals surface area contributed by atoms with E-state index in [1.165, 1.54) is 25.7 Å². The Kier molecular flexibility index (Phi) is 7.89. The zero-order valence-corrected chi connectivity index (χ0v) is 18.6. The van der Waals surface area contributed by atoms with Crippen LogP contribution in [0.2, 0.25) is 0 Å². The van der Waals surface area contributed by atoms with Crippen molar-refractivity contribution < 1.29 is 19.1 Å². The number of anilines is 1. The quantitative estimate of drug-likeness (QED) is 0.539. The number of benzene rings is 1. The van der Waals surface area contributed by atoms with E-state index in [-0.39, 0.29) is 23.8 Å². The molecule has 1 aromatic carbocycles. The van der Waals surface area contributed by atoms with E-state index in [1.807, 2.05) is 24.3 Å². The first-order valence-corrected chi connectivity index (χ1v) is 11.3. The van der Waals surface area contributed by atoms with Gasteiger partial charge in [-0.15, -0.1) is 0 Å². The van der Waals surface area contributed by atoms with Crippen LogP contribution in [-0.4, -0.2) is 37.2 Å². The maximum absolute atomic E-state index is 12.7. The summed E-state index contributed by atoms with van der Waals surface area (Å²) in [4.78, 5) is 25.3. The van der Waals surface area contributed by atoms with Crippen molar-refractivity contribution in [2.24, 2.45) is 17.8 Å². The Balaban J connectivity index is 1.63. The van der Waals surface area contributed by atoms with Crippen molar-refractivity contribution in [2.75, 3.05) is 18.5 Å². The van der Waals surface area contributed by atoms with Crippen molar-refractivity contribution >= 4 is 17.5 Å². The molecule has 166 valence electrons. The molecule has 0 saturated heterocycles. The van der Waals surface area contributed by atoms with E-state index < -0.39 is 12.2 Å². The van der Waals surface area contributed by atoms with Crippen molar-refractivity contribution in [1.82, 2.24) is 5.32 Å². The van der Waals surface area contributed by atoms with Gasteiger partial charge in [-0.25, -0.2) is 0 Å². The molecular formula is C24H36N2O4. The molecule has 30 heavy (non-hydrogen) atoms. The van der Waals surface area contributed by atoms with Gasteiger partial charge in [0.2, 0.25) is 5.91 Å². The van der Waals surface area contributed by atoms with Gasteiger partial charge >= 0.3 is 0 Å². The third-order valence-electron chi connectivity index (χ3n) is 5.81. The predicted molar refractivity (Wildman–Crippen MR) is 117 cm³/mol. The lowest BCUT2D eigenvalue weighted by Gasteiger charge is -2.27. The highest BCUT2D eigenvalue weighted by Crippen LogP contribution is 2.31. The fourth-order valence-corrected chi connectivity index (χ4v) is 3.27. The molecule has 2 amide bonds. The van der Waals surface area contributed by atoms with Crippen LogP contribution in [0, 0.1) is 17.8 Å². The van der Waals surface area contributed by atoms with Crippen molar-refractivity contribution in [3.8, 4) is 0 Å². The summed E-state index contributed by atoms with van der Waals surface area (Å²) in [6.45, 7) is 8.97. The van der Waals surface area contributed by atoms with E-state index in [1.54, 1.807) is 13.8 Å². The summed E-state index contributed by atoms with van der Waals surface area (Å²) in [5.74, 6) is 1.07. The average Bonchev–Trinajstić information content (AvgIpc) is 3.63. The van der Waals surface area contributed by atoms with Crippen LogP contribution in [0.25, 0.3) is 0 Å². The lowest BCUT2D eigenvalue weighted by atomic mass is 9.94. The summed E-state index contributed by atoms with van der Waals surface area (Å²) in [5, 5.41) is 6.12. The number of rotatable bonds is 12. The molecule has 0 spiro atoms. The summed E-state index contributed by atoms with van der Waals surface area (Å²) in [6, 6.07) is 7.40. The Morgan fingerprint density at radius 1 is 0.900 bits per heavy atom. The number of ether oxygens (including phenoxy) is 2. The smallest absolute Gasteiger partial charge is 0.253 e. The largest absolute Gasteiger partial charge is 0.368 e. The molecule has 6 heteroatoms. The predicted octanol–water partition coefficient (Wildman–Crippen LogP) is 4.07. The van der Waals surface area contributed by atoms with Gasteiger partial charge in [0.15, 0.2) is 0 Å². The minimum Gasteiger partial charge on any atom is -0.368 e. The molecule has 2 N–H and O–H groups in total. The maximum Gasteiger partial charge on any atom is 0.253 e. The molecule has 2 aliphatic rings. The Bertz CT molecular complexity index is 728. The molecule has 0 aromatic heterocycles. The molecule has 1 aromatic rings. The molecule has 2 aliphatic carbocycles. The van der Waals surface area contributed by atoms with Gasteiger partial charge in [0.1, 0.15) is 12.2 Å². The van der Waals surface area contributed by atoms with Crippen molar-refractivity contribution in [1.29, 1.82) is 0 Å². The van der Waals surface area contributed by atoms with Crippen LogP contribution in [0.5, 0.6) is 0 Å². The number of carbonyl (C=O) groups is 2. The molecule has 0 heterocycles. The maximum atomic E-state index is 12.7. The third-order valence-corrected chi connectivity index (χ3v) is 5.81. The highest BCUT2D eigenvalue weighted by Gasteiger charge is 2.28. The first-order chi connectivity index (χ1) is 14.3. The highest BCUT2D eigenvalue weighted by molar-refractivity contribution is 5.94. The van der Waals surface area contributed by atoms with Gasteiger partial charge in [0.05, 0.1) is 19.3 Å². The number of hydrogen-bond donors (Lipinski definition) is 2. The van der Waals surface area contributed by atoms with Crippen molar-refractivity contribution in [3.63, 3.8) is 0 Å². The van der Waals surface area contributed by atoms with Gasteiger partial charge in [-0.1, -0.05) is 32.0 Å². The standard InChI is InChI=1S/C24H36N2O4/c1-15(2)22(26-24(28)17(4)30-14-19-11-12-19)20-7-5-6-8-21(20)25-23(27)16(3)29-13-18-9-10-18/h5-8,15-19,22H,9-14H2,1-4H3,(H,25,27)(H,26,28)/t16-,17+,22+/m0/s1. The minimum absolute atomic E-state index is 0.128.